The minimum atomic E-state index is 0. The highest BCUT2D eigenvalue weighted by atomic mass is 32.1. The Hall–Kier alpha value is -0.930. The summed E-state index contributed by atoms with van der Waals surface area (Å²) in [6.45, 7) is 9.11. The molecule has 18 heavy (non-hydrogen) atoms. The summed E-state index contributed by atoms with van der Waals surface area (Å²) in [7, 11) is 0. The van der Waals surface area contributed by atoms with Gasteiger partial charge >= 0.3 is 0 Å². The first kappa shape index (κ1) is 17.1. The van der Waals surface area contributed by atoms with E-state index in [4.69, 9.17) is 4.74 Å². The number of ether oxygens (including phenoxy) is 1. The predicted molar refractivity (Wildman–Crippen MR) is 86.5 cm³/mol. The van der Waals surface area contributed by atoms with Gasteiger partial charge in [0.1, 0.15) is 5.75 Å². The Morgan fingerprint density at radius 1 is 1.17 bits per heavy atom. The third-order valence-electron chi connectivity index (χ3n) is 2.16. The van der Waals surface area contributed by atoms with Crippen molar-refractivity contribution in [3.05, 3.63) is 47.7 Å². The molecule has 0 aliphatic rings. The van der Waals surface area contributed by atoms with Gasteiger partial charge in [0.2, 0.25) is 0 Å². The van der Waals surface area contributed by atoms with Gasteiger partial charge in [-0.15, -0.1) is 11.3 Å². The van der Waals surface area contributed by atoms with Crippen LogP contribution in [-0.4, -0.2) is 0 Å². The molecule has 0 spiro atoms. The molecule has 3 heteroatoms. The van der Waals surface area contributed by atoms with Gasteiger partial charge in [-0.2, -0.15) is 6.92 Å². The van der Waals surface area contributed by atoms with E-state index in [1.165, 1.54) is 0 Å². The molecule has 0 radical (unpaired) electrons. The van der Waals surface area contributed by atoms with Crippen molar-refractivity contribution in [3.8, 4) is 10.8 Å². The third kappa shape index (κ3) is 4.39. The molecule has 1 aromatic carbocycles. The summed E-state index contributed by atoms with van der Waals surface area (Å²) in [6, 6.07) is 8.09. The molecule has 2 rings (SSSR count). The molecule has 0 unspecified atom stereocenters. The van der Waals surface area contributed by atoms with Gasteiger partial charge < -0.3 is 11.7 Å². The van der Waals surface area contributed by atoms with E-state index in [9.17, 15) is 0 Å². The van der Waals surface area contributed by atoms with Crippen molar-refractivity contribution in [3.63, 3.8) is 0 Å². The fourth-order valence-corrected chi connectivity index (χ4v) is 2.55. The Bertz CT molecular complexity index is 438. The SMILES string of the molecule is C.Cc1cc([SH2+])cc(C)c1Oc1cccs1.[CH2-]C. The second-order valence-electron chi connectivity index (χ2n) is 3.47. The summed E-state index contributed by atoms with van der Waals surface area (Å²) in [5, 5.41) is 2.95. The zero-order chi connectivity index (χ0) is 12.8. The maximum Gasteiger partial charge on any atom is 0.180 e. The number of hydrogen-bond acceptors (Lipinski definition) is 2. The van der Waals surface area contributed by atoms with E-state index >= 15 is 0 Å². The lowest BCUT2D eigenvalue weighted by molar-refractivity contribution is 0.488. The van der Waals surface area contributed by atoms with Crippen molar-refractivity contribution in [1.29, 1.82) is 0 Å². The normalized spacial score (nSPS) is 8.94. The first-order valence-corrected chi connectivity index (χ1v) is 6.79. The molecule has 1 nitrogen and oxygen atoms in total. The van der Waals surface area contributed by atoms with Gasteiger partial charge in [0.15, 0.2) is 9.96 Å². The lowest BCUT2D eigenvalue weighted by atomic mass is 10.1. The summed E-state index contributed by atoms with van der Waals surface area (Å²) >= 11 is 5.13. The summed E-state index contributed by atoms with van der Waals surface area (Å²) in [4.78, 5) is 1.09. The Morgan fingerprint density at radius 2 is 1.72 bits per heavy atom. The first-order valence-electron chi connectivity index (χ1n) is 5.42. The van der Waals surface area contributed by atoms with Crippen LogP contribution in [0, 0.1) is 20.8 Å². The summed E-state index contributed by atoms with van der Waals surface area (Å²) in [5.41, 5.74) is 2.29. The Morgan fingerprint density at radius 3 is 2.17 bits per heavy atom. The van der Waals surface area contributed by atoms with Crippen LogP contribution in [0.2, 0.25) is 0 Å². The van der Waals surface area contributed by atoms with E-state index in [-0.39, 0.29) is 7.43 Å². The second-order valence-corrected chi connectivity index (χ2v) is 4.96. The van der Waals surface area contributed by atoms with Gasteiger partial charge in [0.05, 0.1) is 0 Å². The van der Waals surface area contributed by atoms with Gasteiger partial charge in [-0.3, -0.25) is 0 Å². The average molecular weight is 282 g/mol. The first-order chi connectivity index (χ1) is 8.16. The van der Waals surface area contributed by atoms with Crippen LogP contribution in [0.25, 0.3) is 0 Å². The molecule has 0 fully saturated rings. The molecular formula is C15H22OS2. The summed E-state index contributed by atoms with van der Waals surface area (Å²) in [6.07, 6.45) is 0. The molecule has 1 aromatic heterocycles. The van der Waals surface area contributed by atoms with Crippen LogP contribution in [0.4, 0.5) is 0 Å². The van der Waals surface area contributed by atoms with Crippen LogP contribution in [0.1, 0.15) is 25.5 Å². The third-order valence-corrected chi connectivity index (χ3v) is 3.19. The molecule has 0 N–H and O–H groups in total. The van der Waals surface area contributed by atoms with Crippen molar-refractivity contribution >= 4 is 24.0 Å². The standard InChI is InChI=1S/C12H12OS2.C2H5.CH4/c1-8-6-10(14)7-9(2)12(8)13-11-4-3-5-15-11;1-2;/h3-7,14H,1-2H3;1H2,2H3;1H4/q;-1;/p+1. The molecule has 1 heterocycles. The predicted octanol–water partition coefficient (Wildman–Crippen LogP) is 5.00. The average Bonchev–Trinajstić information content (AvgIpc) is 2.79. The monoisotopic (exact) mass is 282 g/mol. The van der Waals surface area contributed by atoms with E-state index in [0.717, 1.165) is 26.8 Å². The number of benzene rings is 1. The smallest absolute Gasteiger partial charge is 0.180 e. The van der Waals surface area contributed by atoms with Crippen molar-refractivity contribution in [2.24, 2.45) is 0 Å². The molecule has 0 aliphatic heterocycles. The van der Waals surface area contributed by atoms with E-state index < -0.39 is 0 Å². The Balaban J connectivity index is 0.000000917. The van der Waals surface area contributed by atoms with Crippen LogP contribution in [0.3, 0.4) is 0 Å². The van der Waals surface area contributed by atoms with Gasteiger partial charge in [-0.1, -0.05) is 7.43 Å². The number of thiophene rings is 1. The molecule has 0 bridgehead atoms. The van der Waals surface area contributed by atoms with Crippen LogP contribution in [0.15, 0.2) is 34.5 Å². The number of hydrogen-bond donors (Lipinski definition) is 0. The highest BCUT2D eigenvalue weighted by molar-refractivity contribution is 7.58. The maximum atomic E-state index is 5.83. The minimum absolute atomic E-state index is 0. The minimum Gasteiger partial charge on any atom is -0.446 e. The zero-order valence-corrected chi connectivity index (χ0v) is 12.2. The fraction of sp³-hybridized carbons (Fsp3) is 0.267. The van der Waals surface area contributed by atoms with Crippen molar-refractivity contribution in [2.75, 3.05) is 0 Å². The number of aryl methyl sites for hydroxylation is 2. The van der Waals surface area contributed by atoms with Gasteiger partial charge in [-0.25, -0.2) is 0 Å². The molecule has 2 aromatic rings. The van der Waals surface area contributed by atoms with Crippen LogP contribution >= 0.6 is 11.3 Å². The molecule has 0 saturated heterocycles. The largest absolute Gasteiger partial charge is 0.446 e. The second kappa shape index (κ2) is 8.22. The van der Waals surface area contributed by atoms with E-state index in [2.05, 4.69) is 45.5 Å². The molecule has 100 valence electrons. The van der Waals surface area contributed by atoms with Crippen molar-refractivity contribution in [2.45, 2.75) is 33.1 Å². The van der Waals surface area contributed by atoms with Gasteiger partial charge in [-0.05, 0) is 67.2 Å². The van der Waals surface area contributed by atoms with E-state index in [1.54, 1.807) is 18.3 Å². The quantitative estimate of drug-likeness (QED) is 0.556. The van der Waals surface area contributed by atoms with E-state index in [0.29, 0.717) is 0 Å². The molecular weight excluding hydrogens is 260 g/mol. The number of rotatable bonds is 2. The molecule has 0 amide bonds. The van der Waals surface area contributed by atoms with Crippen LogP contribution in [0.5, 0.6) is 10.8 Å². The van der Waals surface area contributed by atoms with Crippen molar-refractivity contribution < 1.29 is 4.74 Å². The summed E-state index contributed by atoms with van der Waals surface area (Å²) in [5.74, 6) is 0.958. The molecule has 0 atom stereocenters. The lowest BCUT2D eigenvalue weighted by Crippen LogP contribution is -1.90. The van der Waals surface area contributed by atoms with E-state index in [1.807, 2.05) is 17.5 Å². The maximum absolute atomic E-state index is 5.83. The fourth-order valence-electron chi connectivity index (χ4n) is 1.53. The molecule has 0 aliphatic carbocycles. The van der Waals surface area contributed by atoms with Gasteiger partial charge in [0.25, 0.3) is 0 Å². The lowest BCUT2D eigenvalue weighted by Gasteiger charge is -2.09. The Labute approximate surface area is 120 Å². The zero-order valence-electron chi connectivity index (χ0n) is 10.4. The van der Waals surface area contributed by atoms with Crippen LogP contribution in [-0.2, 0) is 12.6 Å². The Kier molecular flexibility index (Phi) is 7.80. The summed E-state index contributed by atoms with van der Waals surface area (Å²) < 4.78 is 5.83. The highest BCUT2D eigenvalue weighted by Gasteiger charge is 2.08. The van der Waals surface area contributed by atoms with Gasteiger partial charge in [0, 0.05) is 0 Å². The topological polar surface area (TPSA) is 9.23 Å². The molecule has 0 saturated carbocycles. The highest BCUT2D eigenvalue weighted by Crippen LogP contribution is 2.32. The van der Waals surface area contributed by atoms with Crippen LogP contribution < -0.4 is 4.74 Å². The van der Waals surface area contributed by atoms with Crippen molar-refractivity contribution in [1.82, 2.24) is 0 Å².